The summed E-state index contributed by atoms with van der Waals surface area (Å²) in [7, 11) is -3.65. The molecule has 1 heterocycles. The molecule has 0 fully saturated rings. The summed E-state index contributed by atoms with van der Waals surface area (Å²) >= 11 is 0. The lowest BCUT2D eigenvalue weighted by Crippen LogP contribution is -2.37. The zero-order chi connectivity index (χ0) is 12.3. The molecular weight excluding hydrogens is 228 g/mol. The molecule has 6 nitrogen and oxygen atoms in total. The van der Waals surface area contributed by atoms with Crippen LogP contribution in [0.5, 0.6) is 0 Å². The first-order valence-corrected chi connectivity index (χ1v) is 6.24. The van der Waals surface area contributed by atoms with Crippen molar-refractivity contribution in [2.75, 3.05) is 6.54 Å². The van der Waals surface area contributed by atoms with Crippen LogP contribution in [0, 0.1) is 18.3 Å². The highest BCUT2D eigenvalue weighted by Crippen LogP contribution is 2.15. The monoisotopic (exact) mass is 242 g/mol. The third-order valence-corrected chi connectivity index (χ3v) is 4.00. The molecule has 0 radical (unpaired) electrons. The number of nitrogens with one attached hydrogen (secondary N) is 1. The van der Waals surface area contributed by atoms with Gasteiger partial charge in [0, 0.05) is 6.04 Å². The molecule has 0 aliphatic carbocycles. The van der Waals surface area contributed by atoms with E-state index in [1.807, 2.05) is 6.07 Å². The molecule has 0 atom stereocenters. The number of sulfonamides is 1. The summed E-state index contributed by atoms with van der Waals surface area (Å²) in [5, 5.41) is 8.64. The normalized spacial score (nSPS) is 12.0. The Labute approximate surface area is 95.0 Å². The number of imidazole rings is 1. The van der Waals surface area contributed by atoms with Gasteiger partial charge in [0.25, 0.3) is 10.0 Å². The van der Waals surface area contributed by atoms with Crippen molar-refractivity contribution in [3.8, 4) is 6.07 Å². The lowest BCUT2D eigenvalue weighted by molar-refractivity contribution is 0.384. The van der Waals surface area contributed by atoms with E-state index in [0.717, 1.165) is 4.31 Å². The second-order valence-electron chi connectivity index (χ2n) is 3.63. The Kier molecular flexibility index (Phi) is 3.67. The van der Waals surface area contributed by atoms with E-state index in [-0.39, 0.29) is 17.6 Å². The van der Waals surface area contributed by atoms with Crippen LogP contribution in [0.25, 0.3) is 0 Å². The first-order valence-electron chi connectivity index (χ1n) is 4.80. The number of aromatic amines is 1. The summed E-state index contributed by atoms with van der Waals surface area (Å²) < 4.78 is 25.3. The van der Waals surface area contributed by atoms with Gasteiger partial charge in [-0.3, -0.25) is 0 Å². The van der Waals surface area contributed by atoms with Crippen LogP contribution in [0.15, 0.2) is 11.2 Å². The van der Waals surface area contributed by atoms with Crippen molar-refractivity contribution < 1.29 is 8.42 Å². The van der Waals surface area contributed by atoms with Gasteiger partial charge in [-0.25, -0.2) is 13.4 Å². The van der Waals surface area contributed by atoms with Crippen molar-refractivity contribution in [2.24, 2.45) is 0 Å². The molecule has 0 saturated carbocycles. The Morgan fingerprint density at radius 2 is 2.25 bits per heavy atom. The fourth-order valence-corrected chi connectivity index (χ4v) is 2.77. The van der Waals surface area contributed by atoms with E-state index in [0.29, 0.717) is 5.82 Å². The van der Waals surface area contributed by atoms with Crippen LogP contribution in [-0.2, 0) is 10.0 Å². The largest absolute Gasteiger partial charge is 0.332 e. The SMILES string of the molecule is Cc1ncc(S(=O)(=O)N(CC#N)C(C)C)[nH]1. The lowest BCUT2D eigenvalue weighted by atomic mass is 10.4. The molecule has 0 aliphatic heterocycles. The highest BCUT2D eigenvalue weighted by molar-refractivity contribution is 7.89. The van der Waals surface area contributed by atoms with E-state index in [2.05, 4.69) is 9.97 Å². The van der Waals surface area contributed by atoms with Gasteiger partial charge in [0.1, 0.15) is 12.4 Å². The van der Waals surface area contributed by atoms with Gasteiger partial charge in [0.05, 0.1) is 12.3 Å². The fraction of sp³-hybridized carbons (Fsp3) is 0.556. The molecule has 0 saturated heterocycles. The van der Waals surface area contributed by atoms with Crippen LogP contribution in [0.1, 0.15) is 19.7 Å². The molecule has 1 N–H and O–H groups in total. The molecule has 16 heavy (non-hydrogen) atoms. The van der Waals surface area contributed by atoms with E-state index >= 15 is 0 Å². The predicted octanol–water partition coefficient (Wildman–Crippen LogP) is 0.641. The molecule has 7 heteroatoms. The lowest BCUT2D eigenvalue weighted by Gasteiger charge is -2.21. The number of hydrogen-bond acceptors (Lipinski definition) is 4. The zero-order valence-electron chi connectivity index (χ0n) is 9.43. The van der Waals surface area contributed by atoms with Crippen molar-refractivity contribution in [3.05, 3.63) is 12.0 Å². The van der Waals surface area contributed by atoms with Crippen molar-refractivity contribution in [1.29, 1.82) is 5.26 Å². The summed E-state index contributed by atoms with van der Waals surface area (Å²) in [5.74, 6) is 0.527. The molecule has 0 aromatic carbocycles. The molecule has 1 aromatic rings. The molecule has 0 amide bonds. The van der Waals surface area contributed by atoms with Crippen LogP contribution in [0.3, 0.4) is 0 Å². The average Bonchev–Trinajstić information content (AvgIpc) is 2.61. The van der Waals surface area contributed by atoms with Crippen molar-refractivity contribution in [1.82, 2.24) is 14.3 Å². The Morgan fingerprint density at radius 1 is 1.62 bits per heavy atom. The minimum atomic E-state index is -3.65. The Hall–Kier alpha value is -1.39. The standard InChI is InChI=1S/C9H14N4O2S/c1-7(2)13(5-4-10)16(14,15)9-6-11-8(3)12-9/h6-7H,5H2,1-3H3,(H,11,12). The second-order valence-corrected chi connectivity index (χ2v) is 5.49. The Morgan fingerprint density at radius 3 is 2.62 bits per heavy atom. The molecule has 0 spiro atoms. The van der Waals surface area contributed by atoms with Crippen LogP contribution in [0.2, 0.25) is 0 Å². The smallest absolute Gasteiger partial charge is 0.261 e. The van der Waals surface area contributed by atoms with E-state index in [1.165, 1.54) is 6.20 Å². The van der Waals surface area contributed by atoms with E-state index < -0.39 is 10.0 Å². The topological polar surface area (TPSA) is 89.8 Å². The van der Waals surface area contributed by atoms with E-state index in [9.17, 15) is 8.42 Å². The highest BCUT2D eigenvalue weighted by Gasteiger charge is 2.28. The molecular formula is C9H14N4O2S. The summed E-state index contributed by atoms with van der Waals surface area (Å²) in [6, 6.07) is 1.57. The quantitative estimate of drug-likeness (QED) is 0.784. The van der Waals surface area contributed by atoms with E-state index in [4.69, 9.17) is 5.26 Å². The molecule has 0 unspecified atom stereocenters. The third-order valence-electron chi connectivity index (χ3n) is 2.07. The average molecular weight is 242 g/mol. The first kappa shape index (κ1) is 12.7. The number of nitriles is 1. The zero-order valence-corrected chi connectivity index (χ0v) is 10.2. The number of H-pyrrole nitrogens is 1. The molecule has 1 rings (SSSR count). The first-order chi connectivity index (χ1) is 7.39. The maximum atomic E-state index is 12.1. The Bertz CT molecular complexity index is 498. The minimum Gasteiger partial charge on any atom is -0.332 e. The number of aryl methyl sites for hydroxylation is 1. The fourth-order valence-electron chi connectivity index (χ4n) is 1.27. The van der Waals surface area contributed by atoms with Gasteiger partial charge in [-0.1, -0.05) is 0 Å². The van der Waals surface area contributed by atoms with Gasteiger partial charge < -0.3 is 4.98 Å². The van der Waals surface area contributed by atoms with Crippen LogP contribution in [-0.4, -0.2) is 35.3 Å². The van der Waals surface area contributed by atoms with Gasteiger partial charge in [0.15, 0.2) is 5.03 Å². The van der Waals surface area contributed by atoms with Gasteiger partial charge in [-0.05, 0) is 20.8 Å². The second kappa shape index (κ2) is 4.63. The molecule has 1 aromatic heterocycles. The summed E-state index contributed by atoms with van der Waals surface area (Å²) in [6.07, 6.45) is 1.26. The third kappa shape index (κ3) is 2.40. The van der Waals surface area contributed by atoms with Crippen LogP contribution >= 0.6 is 0 Å². The van der Waals surface area contributed by atoms with Gasteiger partial charge in [-0.15, -0.1) is 0 Å². The predicted molar refractivity (Wildman–Crippen MR) is 58.0 cm³/mol. The number of nitrogens with zero attached hydrogens (tertiary/aromatic N) is 3. The maximum Gasteiger partial charge on any atom is 0.261 e. The highest BCUT2D eigenvalue weighted by atomic mass is 32.2. The number of aromatic nitrogens is 2. The van der Waals surface area contributed by atoms with Gasteiger partial charge in [-0.2, -0.15) is 9.57 Å². The molecule has 0 aliphatic rings. The minimum absolute atomic E-state index is 0.0222. The number of rotatable bonds is 4. The molecule has 88 valence electrons. The number of hydrogen-bond donors (Lipinski definition) is 1. The molecule has 0 bridgehead atoms. The summed E-state index contributed by atoms with van der Waals surface area (Å²) in [5.41, 5.74) is 0. The van der Waals surface area contributed by atoms with Crippen molar-refractivity contribution >= 4 is 10.0 Å². The van der Waals surface area contributed by atoms with Crippen molar-refractivity contribution in [3.63, 3.8) is 0 Å². The van der Waals surface area contributed by atoms with Gasteiger partial charge in [0.2, 0.25) is 0 Å². The van der Waals surface area contributed by atoms with Crippen LogP contribution in [0.4, 0.5) is 0 Å². The Balaban J connectivity index is 3.14. The van der Waals surface area contributed by atoms with Crippen LogP contribution < -0.4 is 0 Å². The van der Waals surface area contributed by atoms with E-state index in [1.54, 1.807) is 20.8 Å². The summed E-state index contributed by atoms with van der Waals surface area (Å²) in [6.45, 7) is 4.94. The maximum absolute atomic E-state index is 12.1. The summed E-state index contributed by atoms with van der Waals surface area (Å²) in [4.78, 5) is 6.50. The van der Waals surface area contributed by atoms with Crippen molar-refractivity contribution in [2.45, 2.75) is 31.8 Å². The van der Waals surface area contributed by atoms with Gasteiger partial charge >= 0.3 is 0 Å².